The Morgan fingerprint density at radius 3 is 2.84 bits per heavy atom. The zero-order valence-electron chi connectivity index (χ0n) is 13.8. The Morgan fingerprint density at radius 2 is 2.08 bits per heavy atom. The Morgan fingerprint density at radius 1 is 1.16 bits per heavy atom. The van der Waals surface area contributed by atoms with Crippen LogP contribution in [0.5, 0.6) is 0 Å². The molecule has 4 aromatic heterocycles. The first-order valence-corrected chi connectivity index (χ1v) is 7.78. The molecule has 2 N–H and O–H groups in total. The summed E-state index contributed by atoms with van der Waals surface area (Å²) in [6, 6.07) is 6.07. The summed E-state index contributed by atoms with van der Waals surface area (Å²) in [7, 11) is 0. The lowest BCUT2D eigenvalue weighted by atomic mass is 10.1. The van der Waals surface area contributed by atoms with Gasteiger partial charge in [0.25, 0.3) is 5.89 Å². The highest BCUT2D eigenvalue weighted by atomic mass is 16.4. The van der Waals surface area contributed by atoms with Crippen LogP contribution in [-0.4, -0.2) is 25.4 Å². The molecule has 0 radical (unpaired) electrons. The Balaban J connectivity index is 1.50. The smallest absolute Gasteiger partial charge is 0.316 e. The van der Waals surface area contributed by atoms with Gasteiger partial charge in [0.15, 0.2) is 0 Å². The van der Waals surface area contributed by atoms with E-state index in [1.807, 2.05) is 32.0 Å². The van der Waals surface area contributed by atoms with E-state index < -0.39 is 0 Å². The van der Waals surface area contributed by atoms with Crippen LogP contribution in [-0.2, 0) is 6.54 Å². The van der Waals surface area contributed by atoms with Crippen molar-refractivity contribution < 1.29 is 8.83 Å². The van der Waals surface area contributed by atoms with E-state index in [0.29, 0.717) is 18.5 Å². The normalized spacial score (nSPS) is 11.0. The van der Waals surface area contributed by atoms with Gasteiger partial charge in [-0.25, -0.2) is 0 Å². The van der Waals surface area contributed by atoms with Gasteiger partial charge in [0.1, 0.15) is 11.5 Å². The van der Waals surface area contributed by atoms with Gasteiger partial charge in [-0.2, -0.15) is 5.10 Å². The molecule has 4 aromatic rings. The second kappa shape index (κ2) is 6.23. The molecular formula is C17H16N6O2. The van der Waals surface area contributed by atoms with Crippen molar-refractivity contribution in [3.8, 4) is 22.7 Å². The molecule has 4 heterocycles. The van der Waals surface area contributed by atoms with Gasteiger partial charge in [-0.15, -0.1) is 5.10 Å². The Hall–Kier alpha value is -3.42. The van der Waals surface area contributed by atoms with Crippen molar-refractivity contribution >= 4 is 6.01 Å². The molecule has 0 bridgehead atoms. The van der Waals surface area contributed by atoms with Crippen molar-refractivity contribution in [3.63, 3.8) is 0 Å². The van der Waals surface area contributed by atoms with Crippen LogP contribution < -0.4 is 5.32 Å². The van der Waals surface area contributed by atoms with E-state index in [0.717, 1.165) is 33.9 Å². The van der Waals surface area contributed by atoms with Gasteiger partial charge in [-0.1, -0.05) is 5.10 Å². The SMILES string of the molecule is Cc1cc(-c2nnc(NCc3cn[nH]c3-c3cccnc3)o2)c(C)o1. The molecule has 25 heavy (non-hydrogen) atoms. The molecule has 0 amide bonds. The van der Waals surface area contributed by atoms with Gasteiger partial charge in [-0.3, -0.25) is 10.1 Å². The molecule has 8 heteroatoms. The lowest BCUT2D eigenvalue weighted by Gasteiger charge is -2.03. The molecule has 0 unspecified atom stereocenters. The molecule has 0 spiro atoms. The van der Waals surface area contributed by atoms with Gasteiger partial charge in [0, 0.05) is 30.1 Å². The number of aromatic nitrogens is 5. The fourth-order valence-electron chi connectivity index (χ4n) is 2.62. The van der Waals surface area contributed by atoms with Crippen molar-refractivity contribution in [2.24, 2.45) is 0 Å². The highest BCUT2D eigenvalue weighted by Crippen LogP contribution is 2.27. The van der Waals surface area contributed by atoms with Gasteiger partial charge >= 0.3 is 6.01 Å². The predicted octanol–water partition coefficient (Wildman–Crippen LogP) is 3.34. The summed E-state index contributed by atoms with van der Waals surface area (Å²) in [5.41, 5.74) is 3.65. The number of aryl methyl sites for hydroxylation is 2. The van der Waals surface area contributed by atoms with E-state index in [-0.39, 0.29) is 0 Å². The fraction of sp³-hybridized carbons (Fsp3) is 0.176. The summed E-state index contributed by atoms with van der Waals surface area (Å²) in [4.78, 5) is 4.13. The molecule has 0 fully saturated rings. The van der Waals surface area contributed by atoms with Crippen LogP contribution in [0.2, 0.25) is 0 Å². The van der Waals surface area contributed by atoms with Crippen molar-refractivity contribution in [2.75, 3.05) is 5.32 Å². The van der Waals surface area contributed by atoms with Crippen LogP contribution in [0.3, 0.4) is 0 Å². The second-order valence-corrected chi connectivity index (χ2v) is 5.60. The molecule has 126 valence electrons. The number of pyridine rings is 1. The van der Waals surface area contributed by atoms with Gasteiger partial charge in [-0.05, 0) is 32.0 Å². The fourth-order valence-corrected chi connectivity index (χ4v) is 2.62. The van der Waals surface area contributed by atoms with Crippen molar-refractivity contribution in [1.82, 2.24) is 25.4 Å². The highest BCUT2D eigenvalue weighted by molar-refractivity contribution is 5.62. The summed E-state index contributed by atoms with van der Waals surface area (Å²) in [6.07, 6.45) is 5.28. The van der Waals surface area contributed by atoms with Crippen LogP contribution in [0.4, 0.5) is 6.01 Å². The molecule has 0 aliphatic rings. The van der Waals surface area contributed by atoms with Gasteiger partial charge in [0.05, 0.1) is 17.5 Å². The van der Waals surface area contributed by atoms with Crippen LogP contribution in [0.1, 0.15) is 17.1 Å². The average molecular weight is 336 g/mol. The predicted molar refractivity (Wildman–Crippen MR) is 90.6 cm³/mol. The Kier molecular flexibility index (Phi) is 3.77. The molecule has 0 saturated heterocycles. The van der Waals surface area contributed by atoms with E-state index in [4.69, 9.17) is 8.83 Å². The zero-order valence-corrected chi connectivity index (χ0v) is 13.8. The molecule has 0 atom stereocenters. The van der Waals surface area contributed by atoms with Crippen molar-refractivity contribution in [1.29, 1.82) is 0 Å². The van der Waals surface area contributed by atoms with Crippen molar-refractivity contribution in [3.05, 3.63) is 53.9 Å². The van der Waals surface area contributed by atoms with Crippen molar-refractivity contribution in [2.45, 2.75) is 20.4 Å². The molecule has 8 nitrogen and oxygen atoms in total. The third kappa shape index (κ3) is 3.01. The minimum Gasteiger partial charge on any atom is -0.466 e. The minimum absolute atomic E-state index is 0.339. The van der Waals surface area contributed by atoms with Gasteiger partial charge < -0.3 is 14.2 Å². The summed E-state index contributed by atoms with van der Waals surface area (Å²) >= 11 is 0. The molecule has 0 saturated carbocycles. The first kappa shape index (κ1) is 15.1. The summed E-state index contributed by atoms with van der Waals surface area (Å²) in [5.74, 6) is 1.98. The number of nitrogens with zero attached hydrogens (tertiary/aromatic N) is 4. The number of rotatable bonds is 5. The highest BCUT2D eigenvalue weighted by Gasteiger charge is 2.15. The van der Waals surface area contributed by atoms with E-state index in [9.17, 15) is 0 Å². The van der Waals surface area contributed by atoms with Crippen LogP contribution in [0, 0.1) is 13.8 Å². The third-order valence-corrected chi connectivity index (χ3v) is 3.79. The number of anilines is 1. The third-order valence-electron chi connectivity index (χ3n) is 3.79. The molecule has 4 rings (SSSR count). The second-order valence-electron chi connectivity index (χ2n) is 5.60. The maximum atomic E-state index is 5.67. The number of furan rings is 1. The number of hydrogen-bond acceptors (Lipinski definition) is 7. The first-order chi connectivity index (χ1) is 12.2. The zero-order chi connectivity index (χ0) is 17.2. The summed E-state index contributed by atoms with van der Waals surface area (Å²) in [6.45, 7) is 4.24. The van der Waals surface area contributed by atoms with Crippen LogP contribution in [0.15, 0.2) is 45.6 Å². The molecular weight excluding hydrogens is 320 g/mol. The Bertz CT molecular complexity index is 986. The maximum absolute atomic E-state index is 5.67. The standard InChI is InChI=1S/C17H16N6O2/c1-10-6-14(11(2)24-10)16-22-23-17(25-16)19-8-13-9-20-21-15(13)12-4-3-5-18-7-12/h3-7,9H,8H2,1-2H3,(H,19,23)(H,20,21). The molecule has 0 aromatic carbocycles. The summed E-state index contributed by atoms with van der Waals surface area (Å²) in [5, 5.41) is 18.3. The summed E-state index contributed by atoms with van der Waals surface area (Å²) < 4.78 is 11.2. The first-order valence-electron chi connectivity index (χ1n) is 7.78. The van der Waals surface area contributed by atoms with E-state index in [2.05, 4.69) is 30.7 Å². The number of hydrogen-bond donors (Lipinski definition) is 2. The minimum atomic E-state index is 0.339. The van der Waals surface area contributed by atoms with E-state index >= 15 is 0 Å². The quantitative estimate of drug-likeness (QED) is 0.575. The van der Waals surface area contributed by atoms with E-state index in [1.54, 1.807) is 18.6 Å². The van der Waals surface area contributed by atoms with Crippen LogP contribution >= 0.6 is 0 Å². The lowest BCUT2D eigenvalue weighted by Crippen LogP contribution is -2.00. The molecule has 0 aliphatic heterocycles. The number of nitrogens with one attached hydrogen (secondary N) is 2. The number of aromatic amines is 1. The topological polar surface area (TPSA) is 106 Å². The monoisotopic (exact) mass is 336 g/mol. The average Bonchev–Trinajstić information content (AvgIpc) is 3.33. The van der Waals surface area contributed by atoms with Gasteiger partial charge in [0.2, 0.25) is 0 Å². The maximum Gasteiger partial charge on any atom is 0.316 e. The lowest BCUT2D eigenvalue weighted by molar-refractivity contribution is 0.503. The Labute approximate surface area is 143 Å². The number of H-pyrrole nitrogens is 1. The van der Waals surface area contributed by atoms with E-state index in [1.165, 1.54) is 0 Å². The largest absolute Gasteiger partial charge is 0.466 e. The van der Waals surface area contributed by atoms with Crippen LogP contribution in [0.25, 0.3) is 22.7 Å². The molecule has 0 aliphatic carbocycles.